The standard InChI is InChI=1S/C23H37NO5/c1-4-10-24(11-5-2)17-7-8-20-16(12-17)6-9-21(27-3)23(20)29-22-14-18(26)13-19(15-25)28-22/h6,9,17-19,22,25-26H,4-5,7-8,10-15H2,1-3H3. The molecule has 2 N–H and O–H groups in total. The summed E-state index contributed by atoms with van der Waals surface area (Å²) in [4.78, 5) is 2.63. The van der Waals surface area contributed by atoms with Crippen LogP contribution in [0.15, 0.2) is 12.1 Å². The molecule has 3 rings (SSSR count). The normalized spacial score (nSPS) is 27.0. The van der Waals surface area contributed by atoms with Gasteiger partial charge in [0.1, 0.15) is 0 Å². The lowest BCUT2D eigenvalue weighted by atomic mass is 9.86. The van der Waals surface area contributed by atoms with Gasteiger partial charge >= 0.3 is 0 Å². The molecule has 0 saturated carbocycles. The van der Waals surface area contributed by atoms with Crippen LogP contribution in [0.4, 0.5) is 0 Å². The van der Waals surface area contributed by atoms with Crippen LogP contribution in [0.2, 0.25) is 0 Å². The van der Waals surface area contributed by atoms with Gasteiger partial charge in [0.05, 0.1) is 25.9 Å². The number of rotatable bonds is 9. The fraction of sp³-hybridized carbons (Fsp3) is 0.739. The molecule has 0 amide bonds. The molecule has 0 aromatic heterocycles. The average Bonchev–Trinajstić information content (AvgIpc) is 2.73. The van der Waals surface area contributed by atoms with Crippen molar-refractivity contribution in [3.8, 4) is 11.5 Å². The third kappa shape index (κ3) is 5.43. The summed E-state index contributed by atoms with van der Waals surface area (Å²) in [5.41, 5.74) is 2.50. The Labute approximate surface area is 174 Å². The fourth-order valence-corrected chi connectivity index (χ4v) is 4.70. The van der Waals surface area contributed by atoms with E-state index in [1.807, 2.05) is 6.07 Å². The van der Waals surface area contributed by atoms with Crippen molar-refractivity contribution in [1.29, 1.82) is 0 Å². The molecule has 0 radical (unpaired) electrons. The molecule has 1 saturated heterocycles. The zero-order valence-electron chi connectivity index (χ0n) is 18.1. The Kier molecular flexibility index (Phi) is 8.18. The van der Waals surface area contributed by atoms with Gasteiger partial charge in [-0.3, -0.25) is 0 Å². The van der Waals surface area contributed by atoms with Gasteiger partial charge in [0.15, 0.2) is 11.5 Å². The summed E-state index contributed by atoms with van der Waals surface area (Å²) in [6, 6.07) is 4.70. The lowest BCUT2D eigenvalue weighted by Crippen LogP contribution is -2.41. The van der Waals surface area contributed by atoms with E-state index < -0.39 is 18.5 Å². The van der Waals surface area contributed by atoms with Gasteiger partial charge in [-0.2, -0.15) is 0 Å². The van der Waals surface area contributed by atoms with Crippen molar-refractivity contribution in [2.24, 2.45) is 0 Å². The highest BCUT2D eigenvalue weighted by molar-refractivity contribution is 5.52. The first kappa shape index (κ1) is 22.3. The molecule has 4 unspecified atom stereocenters. The lowest BCUT2D eigenvalue weighted by molar-refractivity contribution is -0.185. The Morgan fingerprint density at radius 2 is 1.93 bits per heavy atom. The SMILES string of the molecule is CCCN(CCC)C1CCc2c(ccc(OC)c2OC2CC(O)CC(CO)O2)C1. The van der Waals surface area contributed by atoms with Crippen LogP contribution in [-0.2, 0) is 17.6 Å². The molecule has 1 aliphatic carbocycles. The molecule has 29 heavy (non-hydrogen) atoms. The first-order valence-electron chi connectivity index (χ1n) is 11.1. The summed E-state index contributed by atoms with van der Waals surface area (Å²) < 4.78 is 17.6. The second-order valence-corrected chi connectivity index (χ2v) is 8.28. The fourth-order valence-electron chi connectivity index (χ4n) is 4.70. The van der Waals surface area contributed by atoms with Gasteiger partial charge in [-0.1, -0.05) is 19.9 Å². The smallest absolute Gasteiger partial charge is 0.202 e. The van der Waals surface area contributed by atoms with E-state index >= 15 is 0 Å². The molecule has 6 nitrogen and oxygen atoms in total. The first-order valence-corrected chi connectivity index (χ1v) is 11.1. The van der Waals surface area contributed by atoms with E-state index in [0.717, 1.165) is 38.1 Å². The maximum Gasteiger partial charge on any atom is 0.202 e. The number of ether oxygens (including phenoxy) is 3. The van der Waals surface area contributed by atoms with Crippen LogP contribution in [0.3, 0.4) is 0 Å². The molecule has 4 atom stereocenters. The van der Waals surface area contributed by atoms with E-state index in [0.29, 0.717) is 24.6 Å². The summed E-state index contributed by atoms with van der Waals surface area (Å²) >= 11 is 0. The van der Waals surface area contributed by atoms with Gasteiger partial charge in [-0.15, -0.1) is 0 Å². The molecule has 1 heterocycles. The van der Waals surface area contributed by atoms with Gasteiger partial charge < -0.3 is 29.3 Å². The maximum atomic E-state index is 10.1. The van der Waals surface area contributed by atoms with Crippen LogP contribution in [0.5, 0.6) is 11.5 Å². The monoisotopic (exact) mass is 407 g/mol. The van der Waals surface area contributed by atoms with E-state index in [1.165, 1.54) is 24.0 Å². The van der Waals surface area contributed by atoms with Crippen LogP contribution >= 0.6 is 0 Å². The number of fused-ring (bicyclic) bond motifs is 1. The molecule has 0 bridgehead atoms. The minimum absolute atomic E-state index is 0.118. The van der Waals surface area contributed by atoms with E-state index in [2.05, 4.69) is 24.8 Å². The summed E-state index contributed by atoms with van der Waals surface area (Å²) in [6.07, 6.45) is 4.74. The van der Waals surface area contributed by atoms with Crippen molar-refractivity contribution in [2.75, 3.05) is 26.8 Å². The van der Waals surface area contributed by atoms with Crippen molar-refractivity contribution in [3.63, 3.8) is 0 Å². The summed E-state index contributed by atoms with van der Waals surface area (Å²) in [5, 5.41) is 19.5. The highest BCUT2D eigenvalue weighted by atomic mass is 16.7. The van der Waals surface area contributed by atoms with Crippen molar-refractivity contribution in [3.05, 3.63) is 23.3 Å². The summed E-state index contributed by atoms with van der Waals surface area (Å²) in [5.74, 6) is 1.43. The number of methoxy groups -OCH3 is 1. The summed E-state index contributed by atoms with van der Waals surface area (Å²) in [7, 11) is 1.65. The average molecular weight is 408 g/mol. The Hall–Kier alpha value is -1.34. The third-order valence-electron chi connectivity index (χ3n) is 6.06. The topological polar surface area (TPSA) is 71.4 Å². The van der Waals surface area contributed by atoms with Crippen molar-refractivity contribution < 1.29 is 24.4 Å². The zero-order valence-corrected chi connectivity index (χ0v) is 18.1. The number of hydrogen-bond donors (Lipinski definition) is 2. The highest BCUT2D eigenvalue weighted by Crippen LogP contribution is 2.40. The number of nitrogens with zero attached hydrogens (tertiary/aromatic N) is 1. The van der Waals surface area contributed by atoms with Crippen LogP contribution < -0.4 is 9.47 Å². The molecule has 2 aliphatic rings. The molecule has 1 aromatic carbocycles. The molecule has 6 heteroatoms. The molecule has 0 spiro atoms. The number of aliphatic hydroxyl groups excluding tert-OH is 2. The van der Waals surface area contributed by atoms with Gasteiger partial charge in [0, 0.05) is 24.4 Å². The van der Waals surface area contributed by atoms with Gasteiger partial charge in [0.25, 0.3) is 0 Å². The van der Waals surface area contributed by atoms with E-state index in [9.17, 15) is 10.2 Å². The van der Waals surface area contributed by atoms with Crippen LogP contribution in [0.25, 0.3) is 0 Å². The largest absolute Gasteiger partial charge is 0.493 e. The third-order valence-corrected chi connectivity index (χ3v) is 6.06. The van der Waals surface area contributed by atoms with Gasteiger partial charge in [0.2, 0.25) is 6.29 Å². The van der Waals surface area contributed by atoms with E-state index in [1.54, 1.807) is 7.11 Å². The van der Waals surface area contributed by atoms with Crippen LogP contribution in [0.1, 0.15) is 57.1 Å². The summed E-state index contributed by atoms with van der Waals surface area (Å²) in [6.45, 7) is 6.66. The van der Waals surface area contributed by atoms with Crippen LogP contribution in [-0.4, -0.2) is 66.5 Å². The Morgan fingerprint density at radius 1 is 1.17 bits per heavy atom. The molecule has 1 aliphatic heterocycles. The van der Waals surface area contributed by atoms with Crippen molar-refractivity contribution >= 4 is 0 Å². The second-order valence-electron chi connectivity index (χ2n) is 8.28. The quantitative estimate of drug-likeness (QED) is 0.656. The van der Waals surface area contributed by atoms with E-state index in [4.69, 9.17) is 14.2 Å². The highest BCUT2D eigenvalue weighted by Gasteiger charge is 2.32. The second kappa shape index (κ2) is 10.6. The van der Waals surface area contributed by atoms with E-state index in [-0.39, 0.29) is 6.61 Å². The predicted octanol–water partition coefficient (Wildman–Crippen LogP) is 2.91. The molecule has 164 valence electrons. The Balaban J connectivity index is 1.80. The number of hydrogen-bond acceptors (Lipinski definition) is 6. The maximum absolute atomic E-state index is 10.1. The zero-order chi connectivity index (χ0) is 20.8. The molecular formula is C23H37NO5. The lowest BCUT2D eigenvalue weighted by Gasteiger charge is -2.37. The number of benzene rings is 1. The van der Waals surface area contributed by atoms with Crippen LogP contribution in [0, 0.1) is 0 Å². The predicted molar refractivity (Wildman–Crippen MR) is 113 cm³/mol. The Bertz CT molecular complexity index is 646. The molecule has 1 fully saturated rings. The molecule has 1 aromatic rings. The van der Waals surface area contributed by atoms with Gasteiger partial charge in [-0.05, 0) is 56.8 Å². The first-order chi connectivity index (χ1) is 14.1. The Morgan fingerprint density at radius 3 is 2.59 bits per heavy atom. The molecular weight excluding hydrogens is 370 g/mol. The van der Waals surface area contributed by atoms with Crippen molar-refractivity contribution in [2.45, 2.75) is 83.3 Å². The van der Waals surface area contributed by atoms with Crippen molar-refractivity contribution in [1.82, 2.24) is 4.90 Å². The minimum Gasteiger partial charge on any atom is -0.493 e. The van der Waals surface area contributed by atoms with Gasteiger partial charge in [-0.25, -0.2) is 0 Å². The number of aliphatic hydroxyl groups is 2. The minimum atomic E-state index is -0.578.